The Morgan fingerprint density at radius 1 is 1.19 bits per heavy atom. The quantitative estimate of drug-likeness (QED) is 0.403. The molecule has 0 aliphatic rings. The van der Waals surface area contributed by atoms with Crippen molar-refractivity contribution in [2.45, 2.75) is 19.6 Å². The van der Waals surface area contributed by atoms with Gasteiger partial charge in [0.05, 0.1) is 30.0 Å². The molecular weight excluding hydrogens is 431 g/mol. The molecular formula is C20H18F3N5O4. The molecule has 0 atom stereocenters. The molecule has 32 heavy (non-hydrogen) atoms. The number of carbonyl (C=O) groups is 1. The minimum absolute atomic E-state index is 0.0321. The number of methoxy groups -OCH3 is 1. The highest BCUT2D eigenvalue weighted by molar-refractivity contribution is 5.93. The zero-order chi connectivity index (χ0) is 23.5. The van der Waals surface area contributed by atoms with Crippen molar-refractivity contribution in [1.82, 2.24) is 19.9 Å². The van der Waals surface area contributed by atoms with E-state index < -0.39 is 30.1 Å². The fraction of sp³-hybridized carbons (Fsp3) is 0.250. The van der Waals surface area contributed by atoms with E-state index >= 15 is 0 Å². The molecule has 0 spiro atoms. The molecule has 0 saturated heterocycles. The van der Waals surface area contributed by atoms with Gasteiger partial charge in [0, 0.05) is 11.6 Å². The molecule has 0 radical (unpaired) electrons. The van der Waals surface area contributed by atoms with Gasteiger partial charge in [-0.2, -0.15) is 13.2 Å². The monoisotopic (exact) mass is 449 g/mol. The standard InChI is InChI=1S/C20H18F3N5O4/c1-13-18(24-25-27(13)15-7-9-16(32-2)10-8-15)19(29)26(12-20(21,22)23)11-14-5-3-4-6-17(14)28(30)31/h3-10H,11-12H2,1-2H3. The lowest BCUT2D eigenvalue weighted by molar-refractivity contribution is -0.385. The first kappa shape index (κ1) is 22.7. The van der Waals surface area contributed by atoms with Crippen LogP contribution in [0.2, 0.25) is 0 Å². The van der Waals surface area contributed by atoms with E-state index in [1.54, 1.807) is 24.3 Å². The van der Waals surface area contributed by atoms with Gasteiger partial charge in [0.15, 0.2) is 5.69 Å². The largest absolute Gasteiger partial charge is 0.497 e. The second-order valence-electron chi connectivity index (χ2n) is 6.80. The molecule has 0 fully saturated rings. The highest BCUT2D eigenvalue weighted by atomic mass is 19.4. The summed E-state index contributed by atoms with van der Waals surface area (Å²) in [5.41, 5.74) is 0.0378. The van der Waals surface area contributed by atoms with Crippen LogP contribution in [-0.4, -0.2) is 50.6 Å². The Bertz CT molecular complexity index is 1130. The molecule has 0 unspecified atom stereocenters. The zero-order valence-corrected chi connectivity index (χ0v) is 17.0. The van der Waals surface area contributed by atoms with Gasteiger partial charge in [-0.3, -0.25) is 14.9 Å². The Morgan fingerprint density at radius 3 is 2.44 bits per heavy atom. The van der Waals surface area contributed by atoms with Crippen molar-refractivity contribution < 1.29 is 27.6 Å². The summed E-state index contributed by atoms with van der Waals surface area (Å²) in [5, 5.41) is 18.9. The van der Waals surface area contributed by atoms with Crippen LogP contribution in [0.5, 0.6) is 5.75 Å². The summed E-state index contributed by atoms with van der Waals surface area (Å²) in [6.45, 7) is -0.731. The van der Waals surface area contributed by atoms with E-state index in [4.69, 9.17) is 4.74 Å². The minimum Gasteiger partial charge on any atom is -0.497 e. The van der Waals surface area contributed by atoms with Crippen molar-refractivity contribution in [2.24, 2.45) is 0 Å². The van der Waals surface area contributed by atoms with Crippen LogP contribution in [-0.2, 0) is 6.54 Å². The number of hydrogen-bond donors (Lipinski definition) is 0. The lowest BCUT2D eigenvalue weighted by atomic mass is 10.1. The fourth-order valence-electron chi connectivity index (χ4n) is 3.09. The number of halogens is 3. The van der Waals surface area contributed by atoms with Gasteiger partial charge < -0.3 is 9.64 Å². The van der Waals surface area contributed by atoms with Gasteiger partial charge in [0.2, 0.25) is 0 Å². The molecule has 0 N–H and O–H groups in total. The first-order chi connectivity index (χ1) is 15.1. The van der Waals surface area contributed by atoms with Crippen LogP contribution >= 0.6 is 0 Å². The topological polar surface area (TPSA) is 103 Å². The first-order valence-electron chi connectivity index (χ1n) is 9.25. The number of aromatic nitrogens is 3. The first-order valence-corrected chi connectivity index (χ1v) is 9.25. The summed E-state index contributed by atoms with van der Waals surface area (Å²) in [4.78, 5) is 24.0. The van der Waals surface area contributed by atoms with Crippen molar-refractivity contribution >= 4 is 11.6 Å². The van der Waals surface area contributed by atoms with E-state index in [0.29, 0.717) is 16.3 Å². The number of nitro benzene ring substituents is 1. The predicted molar refractivity (Wildman–Crippen MR) is 107 cm³/mol. The van der Waals surface area contributed by atoms with Crippen molar-refractivity contribution in [3.05, 3.63) is 75.6 Å². The third kappa shape index (κ3) is 5.02. The maximum absolute atomic E-state index is 13.2. The molecule has 1 aromatic heterocycles. The molecule has 0 aliphatic carbocycles. The molecule has 2 aromatic carbocycles. The van der Waals surface area contributed by atoms with Crippen molar-refractivity contribution in [1.29, 1.82) is 0 Å². The van der Waals surface area contributed by atoms with Crippen LogP contribution in [0.1, 0.15) is 21.7 Å². The van der Waals surface area contributed by atoms with E-state index in [0.717, 1.165) is 6.07 Å². The number of carbonyl (C=O) groups excluding carboxylic acids is 1. The van der Waals surface area contributed by atoms with Gasteiger partial charge in [-0.25, -0.2) is 4.68 Å². The Morgan fingerprint density at radius 2 is 1.84 bits per heavy atom. The number of benzene rings is 2. The summed E-state index contributed by atoms with van der Waals surface area (Å²) >= 11 is 0. The average Bonchev–Trinajstić information content (AvgIpc) is 3.13. The third-order valence-electron chi connectivity index (χ3n) is 4.62. The molecule has 3 aromatic rings. The highest BCUT2D eigenvalue weighted by Crippen LogP contribution is 2.25. The molecule has 12 heteroatoms. The van der Waals surface area contributed by atoms with E-state index in [2.05, 4.69) is 10.3 Å². The van der Waals surface area contributed by atoms with E-state index in [-0.39, 0.29) is 22.6 Å². The fourth-order valence-corrected chi connectivity index (χ4v) is 3.09. The van der Waals surface area contributed by atoms with E-state index in [1.807, 2.05) is 0 Å². The number of para-hydroxylation sites is 1. The summed E-state index contributed by atoms with van der Waals surface area (Å²) in [6, 6.07) is 11.9. The molecule has 3 rings (SSSR count). The molecule has 9 nitrogen and oxygen atoms in total. The lowest BCUT2D eigenvalue weighted by Gasteiger charge is -2.23. The van der Waals surface area contributed by atoms with Crippen LogP contribution < -0.4 is 4.74 Å². The summed E-state index contributed by atoms with van der Waals surface area (Å²) < 4.78 is 46.0. The van der Waals surface area contributed by atoms with Gasteiger partial charge in [-0.05, 0) is 31.2 Å². The van der Waals surface area contributed by atoms with Crippen LogP contribution in [0.15, 0.2) is 48.5 Å². The summed E-state index contributed by atoms with van der Waals surface area (Å²) in [6.07, 6.45) is -4.72. The SMILES string of the molecule is COc1ccc(-n2nnc(C(=O)N(Cc3ccccc3[N+](=O)[O-])CC(F)(F)F)c2C)cc1. The van der Waals surface area contributed by atoms with Crippen LogP contribution in [0.4, 0.5) is 18.9 Å². The maximum atomic E-state index is 13.2. The van der Waals surface area contributed by atoms with Gasteiger partial charge in [0.25, 0.3) is 11.6 Å². The van der Waals surface area contributed by atoms with Crippen molar-refractivity contribution in [2.75, 3.05) is 13.7 Å². The van der Waals surface area contributed by atoms with Crippen molar-refractivity contribution in [3.63, 3.8) is 0 Å². The van der Waals surface area contributed by atoms with Crippen molar-refractivity contribution in [3.8, 4) is 11.4 Å². The Hall–Kier alpha value is -3.96. The average molecular weight is 449 g/mol. The Labute approximate surface area is 180 Å². The summed E-state index contributed by atoms with van der Waals surface area (Å²) in [7, 11) is 1.50. The number of nitro groups is 1. The zero-order valence-electron chi connectivity index (χ0n) is 17.0. The number of alkyl halides is 3. The molecule has 168 valence electrons. The predicted octanol–water partition coefficient (Wildman–Crippen LogP) is 3.70. The van der Waals surface area contributed by atoms with Gasteiger partial charge >= 0.3 is 6.18 Å². The van der Waals surface area contributed by atoms with Crippen LogP contribution in [0.25, 0.3) is 5.69 Å². The Balaban J connectivity index is 1.95. The van der Waals surface area contributed by atoms with Gasteiger partial charge in [0.1, 0.15) is 12.3 Å². The number of amides is 1. The number of rotatable bonds is 7. The summed E-state index contributed by atoms with van der Waals surface area (Å²) in [5.74, 6) is -0.457. The number of nitrogens with zero attached hydrogens (tertiary/aromatic N) is 5. The lowest BCUT2D eigenvalue weighted by Crippen LogP contribution is -2.39. The second-order valence-corrected chi connectivity index (χ2v) is 6.80. The van der Waals surface area contributed by atoms with Gasteiger partial charge in [-0.1, -0.05) is 23.4 Å². The minimum atomic E-state index is -4.72. The van der Waals surface area contributed by atoms with E-state index in [1.165, 1.54) is 36.9 Å². The number of ether oxygens (including phenoxy) is 1. The van der Waals surface area contributed by atoms with Crippen LogP contribution in [0.3, 0.4) is 0 Å². The molecule has 0 saturated carbocycles. The van der Waals surface area contributed by atoms with Gasteiger partial charge in [-0.15, -0.1) is 5.10 Å². The molecule has 1 heterocycles. The number of hydrogen-bond acceptors (Lipinski definition) is 6. The smallest absolute Gasteiger partial charge is 0.406 e. The normalized spacial score (nSPS) is 11.3. The van der Waals surface area contributed by atoms with Crippen LogP contribution in [0, 0.1) is 17.0 Å². The maximum Gasteiger partial charge on any atom is 0.406 e. The highest BCUT2D eigenvalue weighted by Gasteiger charge is 2.36. The Kier molecular flexibility index (Phi) is 6.42. The molecule has 0 bridgehead atoms. The third-order valence-corrected chi connectivity index (χ3v) is 4.62. The second kappa shape index (κ2) is 9.04. The molecule has 1 amide bonds. The molecule has 0 aliphatic heterocycles. The van der Waals surface area contributed by atoms with E-state index in [9.17, 15) is 28.1 Å².